The van der Waals surface area contributed by atoms with Crippen molar-refractivity contribution in [2.24, 2.45) is 12.8 Å². The third-order valence-electron chi connectivity index (χ3n) is 1.63. The molecule has 3 nitrogen and oxygen atoms in total. The van der Waals surface area contributed by atoms with Crippen molar-refractivity contribution < 1.29 is 0 Å². The predicted molar refractivity (Wildman–Crippen MR) is 50.6 cm³/mol. The van der Waals surface area contributed by atoms with Gasteiger partial charge in [0, 0.05) is 24.8 Å². The molecule has 0 amide bonds. The number of hydrogen-bond acceptors (Lipinski definition) is 2. The highest BCUT2D eigenvalue weighted by Crippen LogP contribution is 2.06. The molecular formula is C9H15N3. The number of nitrogens with zero attached hydrogens (tertiary/aromatic N) is 2. The molecule has 0 saturated heterocycles. The van der Waals surface area contributed by atoms with Crippen LogP contribution >= 0.6 is 0 Å². The Hall–Kier alpha value is -1.09. The molecule has 12 heavy (non-hydrogen) atoms. The fourth-order valence-electron chi connectivity index (χ4n) is 1.04. The molecule has 1 heterocycles. The molecule has 0 aromatic carbocycles. The normalized spacial score (nSPS) is 14.0. The highest BCUT2D eigenvalue weighted by atomic mass is 15.2. The molecule has 1 rings (SSSR count). The minimum atomic E-state index is 0.101. The largest absolute Gasteiger partial charge is 0.325 e. The Balaban J connectivity index is 2.81. The standard InChI is InChI=1S/C9H15N3/c1-7(10)4-5-9-6-12(3)11-8(9)2/h4-7H,10H2,1-3H3/b5-4+. The summed E-state index contributed by atoms with van der Waals surface area (Å²) < 4.78 is 1.80. The molecule has 0 aliphatic heterocycles. The van der Waals surface area contributed by atoms with E-state index in [9.17, 15) is 0 Å². The van der Waals surface area contributed by atoms with Gasteiger partial charge < -0.3 is 5.73 Å². The van der Waals surface area contributed by atoms with Crippen LogP contribution in [0.3, 0.4) is 0 Å². The lowest BCUT2D eigenvalue weighted by molar-refractivity contribution is 0.756. The van der Waals surface area contributed by atoms with Crippen LogP contribution in [0.25, 0.3) is 6.08 Å². The Morgan fingerprint density at radius 3 is 2.75 bits per heavy atom. The number of rotatable bonds is 2. The fraction of sp³-hybridized carbons (Fsp3) is 0.444. The van der Waals surface area contributed by atoms with Crippen molar-refractivity contribution in [2.75, 3.05) is 0 Å². The quantitative estimate of drug-likeness (QED) is 0.713. The van der Waals surface area contributed by atoms with Crippen molar-refractivity contribution in [3.05, 3.63) is 23.5 Å². The van der Waals surface area contributed by atoms with Gasteiger partial charge in [-0.2, -0.15) is 5.10 Å². The van der Waals surface area contributed by atoms with E-state index in [1.807, 2.05) is 39.2 Å². The van der Waals surface area contributed by atoms with Crippen LogP contribution in [0.1, 0.15) is 18.2 Å². The van der Waals surface area contributed by atoms with Gasteiger partial charge in [-0.05, 0) is 13.8 Å². The van der Waals surface area contributed by atoms with E-state index in [1.54, 1.807) is 4.68 Å². The maximum atomic E-state index is 5.58. The van der Waals surface area contributed by atoms with Gasteiger partial charge in [0.05, 0.1) is 5.69 Å². The van der Waals surface area contributed by atoms with Crippen LogP contribution in [0.4, 0.5) is 0 Å². The molecule has 0 aliphatic rings. The van der Waals surface area contributed by atoms with Crippen molar-refractivity contribution in [3.8, 4) is 0 Å². The van der Waals surface area contributed by atoms with Crippen LogP contribution in [0.15, 0.2) is 12.3 Å². The van der Waals surface area contributed by atoms with Crippen LogP contribution in [-0.4, -0.2) is 15.8 Å². The van der Waals surface area contributed by atoms with E-state index in [4.69, 9.17) is 5.73 Å². The first-order chi connectivity index (χ1) is 5.59. The van der Waals surface area contributed by atoms with Gasteiger partial charge in [0.2, 0.25) is 0 Å². The van der Waals surface area contributed by atoms with Crippen LogP contribution in [-0.2, 0) is 7.05 Å². The Morgan fingerprint density at radius 2 is 2.33 bits per heavy atom. The van der Waals surface area contributed by atoms with Gasteiger partial charge in [-0.25, -0.2) is 0 Å². The summed E-state index contributed by atoms with van der Waals surface area (Å²) in [4.78, 5) is 0. The molecular weight excluding hydrogens is 150 g/mol. The zero-order valence-electron chi connectivity index (χ0n) is 7.78. The third kappa shape index (κ3) is 2.20. The molecule has 0 radical (unpaired) electrons. The van der Waals surface area contributed by atoms with Crippen LogP contribution in [0, 0.1) is 6.92 Å². The number of hydrogen-bond donors (Lipinski definition) is 1. The second-order valence-electron chi connectivity index (χ2n) is 3.06. The van der Waals surface area contributed by atoms with E-state index in [2.05, 4.69) is 5.10 Å². The first kappa shape index (κ1) is 9.00. The van der Waals surface area contributed by atoms with Gasteiger partial charge >= 0.3 is 0 Å². The average Bonchev–Trinajstić information content (AvgIpc) is 2.26. The zero-order chi connectivity index (χ0) is 9.14. The van der Waals surface area contributed by atoms with Crippen molar-refractivity contribution in [1.29, 1.82) is 0 Å². The van der Waals surface area contributed by atoms with Gasteiger partial charge in [0.25, 0.3) is 0 Å². The van der Waals surface area contributed by atoms with E-state index in [0.717, 1.165) is 11.3 Å². The molecule has 66 valence electrons. The summed E-state index contributed by atoms with van der Waals surface area (Å²) >= 11 is 0. The Morgan fingerprint density at radius 1 is 1.67 bits per heavy atom. The molecule has 0 aliphatic carbocycles. The monoisotopic (exact) mass is 165 g/mol. The van der Waals surface area contributed by atoms with Gasteiger partial charge in [0.1, 0.15) is 0 Å². The second-order valence-corrected chi connectivity index (χ2v) is 3.06. The highest BCUT2D eigenvalue weighted by molar-refractivity contribution is 5.51. The second kappa shape index (κ2) is 3.54. The topological polar surface area (TPSA) is 43.8 Å². The van der Waals surface area contributed by atoms with E-state index in [-0.39, 0.29) is 6.04 Å². The summed E-state index contributed by atoms with van der Waals surface area (Å²) in [5.74, 6) is 0. The molecule has 3 heteroatoms. The number of aryl methyl sites for hydroxylation is 2. The Kier molecular flexibility index (Phi) is 2.65. The smallest absolute Gasteiger partial charge is 0.0665 e. The highest BCUT2D eigenvalue weighted by Gasteiger charge is 1.97. The molecule has 1 unspecified atom stereocenters. The molecule has 0 fully saturated rings. The lowest BCUT2D eigenvalue weighted by Gasteiger charge is -1.92. The van der Waals surface area contributed by atoms with E-state index >= 15 is 0 Å². The lowest BCUT2D eigenvalue weighted by atomic mass is 10.2. The average molecular weight is 165 g/mol. The van der Waals surface area contributed by atoms with E-state index in [1.165, 1.54) is 0 Å². The number of nitrogens with two attached hydrogens (primary N) is 1. The lowest BCUT2D eigenvalue weighted by Crippen LogP contribution is -2.09. The molecule has 0 spiro atoms. The Bertz CT molecular complexity index is 284. The summed E-state index contributed by atoms with van der Waals surface area (Å²) in [5, 5.41) is 4.21. The van der Waals surface area contributed by atoms with Gasteiger partial charge in [0.15, 0.2) is 0 Å². The summed E-state index contributed by atoms with van der Waals surface area (Å²) in [7, 11) is 1.91. The molecule has 0 saturated carbocycles. The van der Waals surface area contributed by atoms with Gasteiger partial charge in [-0.3, -0.25) is 4.68 Å². The molecule has 1 aromatic heterocycles. The van der Waals surface area contributed by atoms with Crippen LogP contribution in [0.2, 0.25) is 0 Å². The van der Waals surface area contributed by atoms with E-state index in [0.29, 0.717) is 0 Å². The predicted octanol–water partition coefficient (Wildman–Crippen LogP) is 1.09. The van der Waals surface area contributed by atoms with Crippen molar-refractivity contribution in [3.63, 3.8) is 0 Å². The maximum absolute atomic E-state index is 5.58. The van der Waals surface area contributed by atoms with Crippen molar-refractivity contribution in [1.82, 2.24) is 9.78 Å². The molecule has 1 atom stereocenters. The SMILES string of the molecule is Cc1nn(C)cc1/C=C/C(C)N. The summed E-state index contributed by atoms with van der Waals surface area (Å²) in [6.45, 7) is 3.93. The maximum Gasteiger partial charge on any atom is 0.0665 e. The van der Waals surface area contributed by atoms with E-state index < -0.39 is 0 Å². The van der Waals surface area contributed by atoms with Crippen LogP contribution < -0.4 is 5.73 Å². The molecule has 0 bridgehead atoms. The summed E-state index contributed by atoms with van der Waals surface area (Å²) in [5.41, 5.74) is 7.75. The zero-order valence-corrected chi connectivity index (χ0v) is 7.78. The minimum absolute atomic E-state index is 0.101. The fourth-order valence-corrected chi connectivity index (χ4v) is 1.04. The van der Waals surface area contributed by atoms with Gasteiger partial charge in [-0.15, -0.1) is 0 Å². The van der Waals surface area contributed by atoms with Crippen molar-refractivity contribution >= 4 is 6.08 Å². The summed E-state index contributed by atoms with van der Waals surface area (Å²) in [6, 6.07) is 0.101. The minimum Gasteiger partial charge on any atom is -0.325 e. The first-order valence-corrected chi connectivity index (χ1v) is 4.03. The van der Waals surface area contributed by atoms with Crippen molar-refractivity contribution in [2.45, 2.75) is 19.9 Å². The van der Waals surface area contributed by atoms with Crippen LogP contribution in [0.5, 0.6) is 0 Å². The summed E-state index contributed by atoms with van der Waals surface area (Å²) in [6.07, 6.45) is 5.95. The number of aromatic nitrogens is 2. The molecule has 1 aromatic rings. The molecule has 2 N–H and O–H groups in total. The first-order valence-electron chi connectivity index (χ1n) is 4.03. The third-order valence-corrected chi connectivity index (χ3v) is 1.63. The Labute approximate surface area is 72.9 Å². The van der Waals surface area contributed by atoms with Gasteiger partial charge in [-0.1, -0.05) is 12.2 Å².